The average molecular weight is 306 g/mol. The van der Waals surface area contributed by atoms with E-state index in [2.05, 4.69) is 0 Å². The summed E-state index contributed by atoms with van der Waals surface area (Å²) in [6, 6.07) is 13.2. The molecule has 4 heteroatoms. The average Bonchev–Trinajstić information content (AvgIpc) is 2.44. The number of benzene rings is 2. The number of hydrogen-bond donors (Lipinski definition) is 1. The van der Waals surface area contributed by atoms with Crippen LogP contribution >= 0.6 is 11.6 Å². The van der Waals surface area contributed by atoms with Gasteiger partial charge in [-0.3, -0.25) is 0 Å². The van der Waals surface area contributed by atoms with Crippen molar-refractivity contribution in [3.05, 3.63) is 53.1 Å². The van der Waals surface area contributed by atoms with Crippen LogP contribution < -0.4 is 15.2 Å². The van der Waals surface area contributed by atoms with Crippen LogP contribution in [0.1, 0.15) is 19.4 Å². The third-order valence-corrected chi connectivity index (χ3v) is 3.17. The Morgan fingerprint density at radius 2 is 1.76 bits per heavy atom. The van der Waals surface area contributed by atoms with Gasteiger partial charge in [-0.1, -0.05) is 17.7 Å². The molecule has 2 aromatic carbocycles. The number of rotatable bonds is 6. The summed E-state index contributed by atoms with van der Waals surface area (Å²) in [6.45, 7) is 4.57. The highest BCUT2D eigenvalue weighted by atomic mass is 35.5. The molecule has 0 amide bonds. The van der Waals surface area contributed by atoms with Crippen molar-refractivity contribution in [3.63, 3.8) is 0 Å². The second-order valence-corrected chi connectivity index (χ2v) is 5.38. The summed E-state index contributed by atoms with van der Waals surface area (Å²) in [5.41, 5.74) is 6.92. The van der Waals surface area contributed by atoms with Gasteiger partial charge in [0.25, 0.3) is 0 Å². The number of halogens is 1. The summed E-state index contributed by atoms with van der Waals surface area (Å²) in [6.07, 6.45) is 0.740. The van der Waals surface area contributed by atoms with Crippen LogP contribution in [0.25, 0.3) is 0 Å². The Kier molecular flexibility index (Phi) is 5.48. The van der Waals surface area contributed by atoms with E-state index in [9.17, 15) is 0 Å². The smallest absolute Gasteiger partial charge is 0.132 e. The second kappa shape index (κ2) is 7.34. The normalized spacial score (nSPS) is 12.0. The zero-order valence-electron chi connectivity index (χ0n) is 12.3. The molecule has 2 rings (SSSR count). The largest absolute Gasteiger partial charge is 0.494 e. The van der Waals surface area contributed by atoms with Gasteiger partial charge in [-0.25, -0.2) is 0 Å². The lowest BCUT2D eigenvalue weighted by molar-refractivity contribution is 0.339. The van der Waals surface area contributed by atoms with E-state index >= 15 is 0 Å². The van der Waals surface area contributed by atoms with Crippen LogP contribution in [0.5, 0.6) is 17.2 Å². The Hall–Kier alpha value is -1.71. The van der Waals surface area contributed by atoms with E-state index in [4.69, 9.17) is 26.8 Å². The number of nitrogens with two attached hydrogens (primary N) is 1. The summed E-state index contributed by atoms with van der Waals surface area (Å²) in [5, 5.41) is 0.643. The van der Waals surface area contributed by atoms with E-state index in [1.54, 1.807) is 0 Å². The van der Waals surface area contributed by atoms with Crippen molar-refractivity contribution >= 4 is 11.6 Å². The number of ether oxygens (including phenoxy) is 2. The monoisotopic (exact) mass is 305 g/mol. The molecule has 0 aliphatic heterocycles. The molecule has 0 aliphatic carbocycles. The molecule has 3 nitrogen and oxygen atoms in total. The minimum Gasteiger partial charge on any atom is -0.494 e. The van der Waals surface area contributed by atoms with Crippen LogP contribution in [0.3, 0.4) is 0 Å². The fourth-order valence-electron chi connectivity index (χ4n) is 2.04. The minimum atomic E-state index is 0.0638. The molecule has 0 saturated heterocycles. The van der Waals surface area contributed by atoms with Crippen molar-refractivity contribution in [2.24, 2.45) is 5.73 Å². The Morgan fingerprint density at radius 3 is 2.38 bits per heavy atom. The Bertz CT molecular complexity index is 582. The quantitative estimate of drug-likeness (QED) is 0.859. The van der Waals surface area contributed by atoms with E-state index in [0.29, 0.717) is 11.6 Å². The van der Waals surface area contributed by atoms with Gasteiger partial charge >= 0.3 is 0 Å². The molecule has 2 N–H and O–H groups in total. The van der Waals surface area contributed by atoms with Crippen molar-refractivity contribution in [3.8, 4) is 17.2 Å². The Morgan fingerprint density at radius 1 is 1.10 bits per heavy atom. The van der Waals surface area contributed by atoms with Crippen LogP contribution in [-0.4, -0.2) is 12.6 Å². The second-order valence-electron chi connectivity index (χ2n) is 4.94. The summed E-state index contributed by atoms with van der Waals surface area (Å²) < 4.78 is 11.3. The third-order valence-electron chi connectivity index (χ3n) is 2.93. The van der Waals surface area contributed by atoms with Crippen molar-refractivity contribution in [2.45, 2.75) is 26.3 Å². The first-order valence-corrected chi connectivity index (χ1v) is 7.41. The van der Waals surface area contributed by atoms with Crippen LogP contribution in [0.4, 0.5) is 0 Å². The van der Waals surface area contributed by atoms with E-state index in [-0.39, 0.29) is 6.04 Å². The molecule has 0 spiro atoms. The highest BCUT2D eigenvalue weighted by molar-refractivity contribution is 6.30. The van der Waals surface area contributed by atoms with Crippen LogP contribution in [-0.2, 0) is 6.42 Å². The number of hydrogen-bond acceptors (Lipinski definition) is 3. The fourth-order valence-corrected chi connectivity index (χ4v) is 2.20. The lowest BCUT2D eigenvalue weighted by Gasteiger charge is -2.13. The van der Waals surface area contributed by atoms with Crippen LogP contribution in [0, 0.1) is 0 Å². The molecule has 0 heterocycles. The maximum absolute atomic E-state index is 6.05. The van der Waals surface area contributed by atoms with Crippen LogP contribution in [0.2, 0.25) is 5.02 Å². The lowest BCUT2D eigenvalue weighted by Crippen LogP contribution is -2.18. The van der Waals surface area contributed by atoms with E-state index in [1.807, 2.05) is 56.3 Å². The molecule has 0 bridgehead atoms. The van der Waals surface area contributed by atoms with Gasteiger partial charge in [0.1, 0.15) is 17.2 Å². The first-order valence-electron chi connectivity index (χ1n) is 7.03. The predicted molar refractivity (Wildman–Crippen MR) is 86.5 cm³/mol. The Labute approximate surface area is 130 Å². The Balaban J connectivity index is 2.19. The van der Waals surface area contributed by atoms with Crippen molar-refractivity contribution in [2.75, 3.05) is 6.61 Å². The van der Waals surface area contributed by atoms with Gasteiger partial charge in [0.15, 0.2) is 0 Å². The molecule has 1 atom stereocenters. The molecule has 0 radical (unpaired) electrons. The molecule has 0 aromatic heterocycles. The zero-order valence-corrected chi connectivity index (χ0v) is 13.1. The molecule has 0 fully saturated rings. The molecule has 112 valence electrons. The van der Waals surface area contributed by atoms with Crippen LogP contribution in [0.15, 0.2) is 42.5 Å². The minimum absolute atomic E-state index is 0.0638. The van der Waals surface area contributed by atoms with E-state index in [1.165, 1.54) is 0 Å². The maximum Gasteiger partial charge on any atom is 0.132 e. The molecule has 1 unspecified atom stereocenters. The first kappa shape index (κ1) is 15.7. The van der Waals surface area contributed by atoms with Gasteiger partial charge < -0.3 is 15.2 Å². The highest BCUT2D eigenvalue weighted by Crippen LogP contribution is 2.30. The standard InChI is InChI=1S/C17H20ClNO2/c1-3-20-15-6-8-16(9-7-15)21-17-11-14(18)5-4-13(17)10-12(2)19/h4-9,11-12H,3,10,19H2,1-2H3. The first-order chi connectivity index (χ1) is 10.1. The molecule has 21 heavy (non-hydrogen) atoms. The zero-order chi connectivity index (χ0) is 15.2. The molecular weight excluding hydrogens is 286 g/mol. The van der Waals surface area contributed by atoms with Gasteiger partial charge in [-0.2, -0.15) is 0 Å². The highest BCUT2D eigenvalue weighted by Gasteiger charge is 2.08. The van der Waals surface area contributed by atoms with Gasteiger partial charge in [-0.05, 0) is 62.2 Å². The van der Waals surface area contributed by atoms with Gasteiger partial charge in [0.05, 0.1) is 6.61 Å². The molecule has 2 aromatic rings. The molecule has 0 saturated carbocycles. The van der Waals surface area contributed by atoms with Crippen molar-refractivity contribution < 1.29 is 9.47 Å². The SMILES string of the molecule is CCOc1ccc(Oc2cc(Cl)ccc2CC(C)N)cc1. The summed E-state index contributed by atoms with van der Waals surface area (Å²) >= 11 is 6.05. The predicted octanol–water partition coefficient (Wildman–Crippen LogP) is 4.42. The fraction of sp³-hybridized carbons (Fsp3) is 0.294. The lowest BCUT2D eigenvalue weighted by atomic mass is 10.1. The maximum atomic E-state index is 6.05. The van der Waals surface area contributed by atoms with E-state index in [0.717, 1.165) is 29.2 Å². The molecule has 0 aliphatic rings. The third kappa shape index (κ3) is 4.66. The summed E-state index contributed by atoms with van der Waals surface area (Å²) in [5.74, 6) is 2.31. The molecular formula is C17H20ClNO2. The summed E-state index contributed by atoms with van der Waals surface area (Å²) in [4.78, 5) is 0. The van der Waals surface area contributed by atoms with Crippen molar-refractivity contribution in [1.82, 2.24) is 0 Å². The topological polar surface area (TPSA) is 44.5 Å². The van der Waals surface area contributed by atoms with Gasteiger partial charge in [0, 0.05) is 11.1 Å². The van der Waals surface area contributed by atoms with Gasteiger partial charge in [-0.15, -0.1) is 0 Å². The van der Waals surface area contributed by atoms with Crippen molar-refractivity contribution in [1.29, 1.82) is 0 Å². The van der Waals surface area contributed by atoms with E-state index < -0.39 is 0 Å². The van der Waals surface area contributed by atoms with Gasteiger partial charge in [0.2, 0.25) is 0 Å². The summed E-state index contributed by atoms with van der Waals surface area (Å²) in [7, 11) is 0.